The maximum atomic E-state index is 13.1. The molecule has 0 saturated carbocycles. The van der Waals surface area contributed by atoms with Gasteiger partial charge in [-0.3, -0.25) is 4.79 Å². The molecule has 1 aliphatic rings. The molecule has 2 atom stereocenters. The Hall–Kier alpha value is -2.13. The monoisotopic (exact) mass is 409 g/mol. The fraction of sp³-hybridized carbons (Fsp3) is 0.579. The molecule has 2 aromatic heterocycles. The quantitative estimate of drug-likeness (QED) is 0.754. The van der Waals surface area contributed by atoms with Gasteiger partial charge in [0.25, 0.3) is 0 Å². The molecule has 2 aromatic rings. The van der Waals surface area contributed by atoms with Crippen molar-refractivity contribution in [3.8, 4) is 0 Å². The normalized spacial score (nSPS) is 21.0. The molecule has 1 saturated heterocycles. The second-order valence-electron chi connectivity index (χ2n) is 7.29. The van der Waals surface area contributed by atoms with Gasteiger partial charge in [-0.2, -0.15) is 4.31 Å². The van der Waals surface area contributed by atoms with E-state index in [1.54, 1.807) is 26.2 Å². The number of piperidine rings is 1. The summed E-state index contributed by atoms with van der Waals surface area (Å²) in [5.74, 6) is 1.25. The molecular weight excluding hydrogens is 382 g/mol. The minimum Gasteiger partial charge on any atom is -0.467 e. The molecule has 0 aliphatic carbocycles. The van der Waals surface area contributed by atoms with Crippen LogP contribution < -0.4 is 5.32 Å². The standard InChI is InChI=1S/C19H27N3O5S/c1-4-15-12-22(28(24,25)19-13(2)21-27-14(19)3)8-7-16(15)10-18(23)20-11-17-6-5-9-26-17/h5-6,9,15-16H,4,7-8,10-12H2,1-3H3,(H,20,23)/t15-,16-/m0/s1. The van der Waals surface area contributed by atoms with E-state index in [0.29, 0.717) is 49.7 Å². The van der Waals surface area contributed by atoms with E-state index >= 15 is 0 Å². The van der Waals surface area contributed by atoms with E-state index in [-0.39, 0.29) is 22.6 Å². The highest BCUT2D eigenvalue weighted by atomic mass is 32.2. The molecule has 1 fully saturated rings. The summed E-state index contributed by atoms with van der Waals surface area (Å²) in [4.78, 5) is 12.5. The maximum absolute atomic E-state index is 13.1. The van der Waals surface area contributed by atoms with Crippen LogP contribution in [0.25, 0.3) is 0 Å². The molecular formula is C19H27N3O5S. The summed E-state index contributed by atoms with van der Waals surface area (Å²) < 4.78 is 37.9. The van der Waals surface area contributed by atoms with Crippen molar-refractivity contribution in [2.24, 2.45) is 11.8 Å². The van der Waals surface area contributed by atoms with Crippen LogP contribution >= 0.6 is 0 Å². The molecule has 28 heavy (non-hydrogen) atoms. The number of furan rings is 1. The lowest BCUT2D eigenvalue weighted by Gasteiger charge is -2.37. The van der Waals surface area contributed by atoms with Gasteiger partial charge in [-0.05, 0) is 44.2 Å². The molecule has 8 nitrogen and oxygen atoms in total. The number of hydrogen-bond acceptors (Lipinski definition) is 6. The second-order valence-corrected chi connectivity index (χ2v) is 9.17. The molecule has 3 heterocycles. The zero-order valence-corrected chi connectivity index (χ0v) is 17.3. The van der Waals surface area contributed by atoms with Gasteiger partial charge in [0, 0.05) is 19.5 Å². The van der Waals surface area contributed by atoms with Crippen LogP contribution in [-0.2, 0) is 21.4 Å². The predicted octanol–water partition coefficient (Wildman–Crippen LogP) is 2.63. The number of sulfonamides is 1. The SMILES string of the molecule is CC[C@H]1CN(S(=O)(=O)c2c(C)noc2C)CC[C@H]1CC(=O)NCc1ccco1. The van der Waals surface area contributed by atoms with Gasteiger partial charge in [0.1, 0.15) is 16.3 Å². The first-order chi connectivity index (χ1) is 13.3. The van der Waals surface area contributed by atoms with Crippen molar-refractivity contribution in [3.63, 3.8) is 0 Å². The van der Waals surface area contributed by atoms with Crippen molar-refractivity contribution in [1.29, 1.82) is 0 Å². The zero-order chi connectivity index (χ0) is 20.3. The summed E-state index contributed by atoms with van der Waals surface area (Å²) in [6.07, 6.45) is 3.42. The molecule has 0 aromatic carbocycles. The molecule has 0 radical (unpaired) electrons. The van der Waals surface area contributed by atoms with Crippen molar-refractivity contribution >= 4 is 15.9 Å². The predicted molar refractivity (Wildman–Crippen MR) is 102 cm³/mol. The number of aryl methyl sites for hydroxylation is 2. The van der Waals surface area contributed by atoms with E-state index in [2.05, 4.69) is 10.5 Å². The summed E-state index contributed by atoms with van der Waals surface area (Å²) in [7, 11) is -3.65. The lowest BCUT2D eigenvalue weighted by molar-refractivity contribution is -0.123. The number of nitrogens with one attached hydrogen (secondary N) is 1. The topological polar surface area (TPSA) is 106 Å². The molecule has 1 aliphatic heterocycles. The zero-order valence-electron chi connectivity index (χ0n) is 16.5. The average Bonchev–Trinajstić information content (AvgIpc) is 3.30. The van der Waals surface area contributed by atoms with Crippen LogP contribution in [-0.4, -0.2) is 36.9 Å². The Bertz CT molecular complexity index is 885. The van der Waals surface area contributed by atoms with Gasteiger partial charge in [0.15, 0.2) is 5.76 Å². The van der Waals surface area contributed by atoms with Crippen LogP contribution in [0.5, 0.6) is 0 Å². The van der Waals surface area contributed by atoms with Crippen LogP contribution in [0.3, 0.4) is 0 Å². The average molecular weight is 410 g/mol. The van der Waals surface area contributed by atoms with Crippen LogP contribution in [0.2, 0.25) is 0 Å². The summed E-state index contributed by atoms with van der Waals surface area (Å²) in [5, 5.41) is 6.64. The number of carbonyl (C=O) groups is 1. The Balaban J connectivity index is 1.62. The van der Waals surface area contributed by atoms with Crippen LogP contribution in [0, 0.1) is 25.7 Å². The summed E-state index contributed by atoms with van der Waals surface area (Å²) >= 11 is 0. The maximum Gasteiger partial charge on any atom is 0.248 e. The highest BCUT2D eigenvalue weighted by molar-refractivity contribution is 7.89. The van der Waals surface area contributed by atoms with Crippen LogP contribution in [0.1, 0.15) is 43.4 Å². The minimum atomic E-state index is -3.65. The first kappa shape index (κ1) is 20.6. The van der Waals surface area contributed by atoms with Gasteiger partial charge in [-0.1, -0.05) is 18.5 Å². The Morgan fingerprint density at radius 3 is 2.75 bits per heavy atom. The second kappa shape index (κ2) is 8.48. The molecule has 1 amide bonds. The molecule has 0 bridgehead atoms. The number of carbonyl (C=O) groups excluding carboxylic acids is 1. The van der Waals surface area contributed by atoms with Gasteiger partial charge in [-0.15, -0.1) is 0 Å². The first-order valence-corrected chi connectivity index (χ1v) is 11.0. The number of hydrogen-bond donors (Lipinski definition) is 1. The molecule has 9 heteroatoms. The lowest BCUT2D eigenvalue weighted by Crippen LogP contribution is -2.44. The number of aromatic nitrogens is 1. The van der Waals surface area contributed by atoms with Crippen molar-refractivity contribution in [2.75, 3.05) is 13.1 Å². The Morgan fingerprint density at radius 1 is 1.36 bits per heavy atom. The largest absolute Gasteiger partial charge is 0.467 e. The third kappa shape index (κ3) is 4.30. The molecule has 3 rings (SSSR count). The molecule has 1 N–H and O–H groups in total. The smallest absolute Gasteiger partial charge is 0.248 e. The highest BCUT2D eigenvalue weighted by Gasteiger charge is 2.38. The fourth-order valence-corrected chi connectivity index (χ4v) is 5.68. The number of nitrogens with zero attached hydrogens (tertiary/aromatic N) is 2. The summed E-state index contributed by atoms with van der Waals surface area (Å²) in [6, 6.07) is 3.59. The third-order valence-corrected chi connectivity index (χ3v) is 7.54. The van der Waals surface area contributed by atoms with Gasteiger partial charge in [0.05, 0.1) is 12.8 Å². The molecule has 0 unspecified atom stereocenters. The van der Waals surface area contributed by atoms with Crippen LogP contribution in [0.4, 0.5) is 0 Å². The Kier molecular flexibility index (Phi) is 6.24. The number of rotatable bonds is 7. The van der Waals surface area contributed by atoms with E-state index in [4.69, 9.17) is 8.94 Å². The van der Waals surface area contributed by atoms with Crippen molar-refractivity contribution < 1.29 is 22.2 Å². The van der Waals surface area contributed by atoms with Crippen LogP contribution in [0.15, 0.2) is 32.2 Å². The Morgan fingerprint density at radius 2 is 2.14 bits per heavy atom. The van der Waals surface area contributed by atoms with Gasteiger partial charge < -0.3 is 14.3 Å². The fourth-order valence-electron chi connectivity index (χ4n) is 3.88. The van der Waals surface area contributed by atoms with Crippen molar-refractivity contribution in [3.05, 3.63) is 35.6 Å². The van der Waals surface area contributed by atoms with Gasteiger partial charge in [0.2, 0.25) is 15.9 Å². The molecule has 154 valence electrons. The summed E-state index contributed by atoms with van der Waals surface area (Å²) in [5.41, 5.74) is 0.380. The Labute approximate surface area is 165 Å². The van der Waals surface area contributed by atoms with Gasteiger partial charge >= 0.3 is 0 Å². The van der Waals surface area contributed by atoms with E-state index in [1.807, 2.05) is 13.0 Å². The summed E-state index contributed by atoms with van der Waals surface area (Å²) in [6.45, 7) is 6.43. The highest BCUT2D eigenvalue weighted by Crippen LogP contribution is 2.33. The lowest BCUT2D eigenvalue weighted by atomic mass is 9.82. The van der Waals surface area contributed by atoms with E-state index in [0.717, 1.165) is 6.42 Å². The first-order valence-electron chi connectivity index (χ1n) is 9.55. The van der Waals surface area contributed by atoms with E-state index < -0.39 is 10.0 Å². The van der Waals surface area contributed by atoms with Gasteiger partial charge in [-0.25, -0.2) is 8.42 Å². The number of amides is 1. The molecule has 0 spiro atoms. The third-order valence-electron chi connectivity index (χ3n) is 5.43. The van der Waals surface area contributed by atoms with E-state index in [9.17, 15) is 13.2 Å². The minimum absolute atomic E-state index is 0.0399. The van der Waals surface area contributed by atoms with Crippen molar-refractivity contribution in [2.45, 2.75) is 51.5 Å². The van der Waals surface area contributed by atoms with Crippen molar-refractivity contribution in [1.82, 2.24) is 14.8 Å². The van der Waals surface area contributed by atoms with E-state index in [1.165, 1.54) is 4.31 Å².